The number of carbonyl (C=O) groups excluding carboxylic acids is 1. The first-order valence-electron chi connectivity index (χ1n) is 10.2. The molecule has 6 heteroatoms. The van der Waals surface area contributed by atoms with Crippen LogP contribution in [0.1, 0.15) is 66.2 Å². The quantitative estimate of drug-likeness (QED) is 0.594. The van der Waals surface area contributed by atoms with Gasteiger partial charge >= 0.3 is 6.09 Å². The predicted octanol–water partition coefficient (Wildman–Crippen LogP) is 3.38. The zero-order chi connectivity index (χ0) is 19.2. The average Bonchev–Trinajstić information content (AvgIpc) is 2.59. The summed E-state index contributed by atoms with van der Waals surface area (Å²) in [6.45, 7) is 10.4. The SMILES string of the molecule is CN=C(NCC1CCCN(C(=O)OC(C)(C)C)C1)NC1CCC(C)CC1. The maximum atomic E-state index is 12.3. The van der Waals surface area contributed by atoms with Gasteiger partial charge in [-0.15, -0.1) is 0 Å². The maximum absolute atomic E-state index is 12.3. The Morgan fingerprint density at radius 3 is 2.50 bits per heavy atom. The van der Waals surface area contributed by atoms with Crippen molar-refractivity contribution in [1.82, 2.24) is 15.5 Å². The molecular weight excluding hydrogens is 328 g/mol. The molecule has 1 saturated carbocycles. The summed E-state index contributed by atoms with van der Waals surface area (Å²) in [4.78, 5) is 18.5. The van der Waals surface area contributed by atoms with Gasteiger partial charge in [0, 0.05) is 32.7 Å². The van der Waals surface area contributed by atoms with Gasteiger partial charge < -0.3 is 20.3 Å². The van der Waals surface area contributed by atoms with Crippen LogP contribution in [0.15, 0.2) is 4.99 Å². The first-order chi connectivity index (χ1) is 12.3. The Balaban J connectivity index is 1.75. The van der Waals surface area contributed by atoms with Crippen LogP contribution in [0.25, 0.3) is 0 Å². The van der Waals surface area contributed by atoms with E-state index in [0.29, 0.717) is 12.0 Å². The van der Waals surface area contributed by atoms with Crippen molar-refractivity contribution in [2.45, 2.75) is 77.9 Å². The van der Waals surface area contributed by atoms with Gasteiger partial charge in [0.1, 0.15) is 5.60 Å². The largest absolute Gasteiger partial charge is 0.444 e. The molecule has 1 atom stereocenters. The third kappa shape index (κ3) is 7.04. The molecule has 1 saturated heterocycles. The van der Waals surface area contributed by atoms with E-state index in [1.165, 1.54) is 25.7 Å². The highest BCUT2D eigenvalue weighted by Gasteiger charge is 2.28. The zero-order valence-electron chi connectivity index (χ0n) is 17.3. The van der Waals surface area contributed by atoms with Crippen molar-refractivity contribution in [3.05, 3.63) is 0 Å². The Hall–Kier alpha value is -1.46. The first-order valence-corrected chi connectivity index (χ1v) is 10.2. The van der Waals surface area contributed by atoms with E-state index < -0.39 is 5.60 Å². The fraction of sp³-hybridized carbons (Fsp3) is 0.900. The maximum Gasteiger partial charge on any atom is 0.410 e. The van der Waals surface area contributed by atoms with Crippen molar-refractivity contribution in [2.24, 2.45) is 16.8 Å². The molecule has 1 amide bonds. The molecule has 0 spiro atoms. The smallest absolute Gasteiger partial charge is 0.410 e. The summed E-state index contributed by atoms with van der Waals surface area (Å²) in [5.74, 6) is 2.17. The number of likely N-dealkylation sites (tertiary alicyclic amines) is 1. The Morgan fingerprint density at radius 1 is 1.19 bits per heavy atom. The van der Waals surface area contributed by atoms with E-state index in [1.807, 2.05) is 32.7 Å². The van der Waals surface area contributed by atoms with Gasteiger partial charge in [0.25, 0.3) is 0 Å². The molecule has 2 aliphatic rings. The molecule has 1 heterocycles. The van der Waals surface area contributed by atoms with E-state index in [4.69, 9.17) is 4.74 Å². The van der Waals surface area contributed by atoms with E-state index in [0.717, 1.165) is 44.4 Å². The number of nitrogens with one attached hydrogen (secondary N) is 2. The van der Waals surface area contributed by atoms with Crippen LogP contribution in [0.4, 0.5) is 4.79 Å². The van der Waals surface area contributed by atoms with Crippen LogP contribution in [-0.4, -0.2) is 55.3 Å². The van der Waals surface area contributed by atoms with Gasteiger partial charge in [-0.25, -0.2) is 4.79 Å². The molecular formula is C20H38N4O2. The summed E-state index contributed by atoms with van der Waals surface area (Å²) in [5.41, 5.74) is -0.439. The third-order valence-corrected chi connectivity index (χ3v) is 5.31. The number of nitrogens with zero attached hydrogens (tertiary/aromatic N) is 2. The van der Waals surface area contributed by atoms with E-state index >= 15 is 0 Å². The molecule has 0 aromatic rings. The van der Waals surface area contributed by atoms with Crippen molar-refractivity contribution < 1.29 is 9.53 Å². The molecule has 26 heavy (non-hydrogen) atoms. The summed E-state index contributed by atoms with van der Waals surface area (Å²) in [6, 6.07) is 0.530. The summed E-state index contributed by atoms with van der Waals surface area (Å²) in [5, 5.41) is 7.03. The lowest BCUT2D eigenvalue weighted by Crippen LogP contribution is -2.49. The Bertz CT molecular complexity index is 479. The number of carbonyl (C=O) groups is 1. The van der Waals surface area contributed by atoms with Crippen LogP contribution in [0.5, 0.6) is 0 Å². The van der Waals surface area contributed by atoms with Crippen molar-refractivity contribution in [3.8, 4) is 0 Å². The van der Waals surface area contributed by atoms with Crippen molar-refractivity contribution >= 4 is 12.1 Å². The second kappa shape index (κ2) is 9.47. The topological polar surface area (TPSA) is 66.0 Å². The lowest BCUT2D eigenvalue weighted by Gasteiger charge is -2.34. The molecule has 0 aromatic carbocycles. The van der Waals surface area contributed by atoms with Crippen molar-refractivity contribution in [3.63, 3.8) is 0 Å². The number of ether oxygens (including phenoxy) is 1. The molecule has 0 bridgehead atoms. The minimum Gasteiger partial charge on any atom is -0.444 e. The van der Waals surface area contributed by atoms with Gasteiger partial charge in [-0.1, -0.05) is 6.92 Å². The second-order valence-electron chi connectivity index (χ2n) is 8.99. The normalized spacial score (nSPS) is 27.8. The van der Waals surface area contributed by atoms with Crippen LogP contribution in [-0.2, 0) is 4.74 Å². The Labute approximate surface area is 159 Å². The number of hydrogen-bond donors (Lipinski definition) is 2. The number of hydrogen-bond acceptors (Lipinski definition) is 3. The highest BCUT2D eigenvalue weighted by Crippen LogP contribution is 2.23. The van der Waals surface area contributed by atoms with E-state index in [-0.39, 0.29) is 6.09 Å². The standard InChI is InChI=1S/C20H38N4O2/c1-15-8-10-17(11-9-15)23-18(21-5)22-13-16-7-6-12-24(14-16)19(25)26-20(2,3)4/h15-17H,6-14H2,1-5H3,(H2,21,22,23). The summed E-state index contributed by atoms with van der Waals surface area (Å²) in [6.07, 6.45) is 6.99. The number of piperidine rings is 1. The second-order valence-corrected chi connectivity index (χ2v) is 8.99. The fourth-order valence-electron chi connectivity index (χ4n) is 3.76. The molecule has 2 N–H and O–H groups in total. The lowest BCUT2D eigenvalue weighted by molar-refractivity contribution is 0.0168. The van der Waals surface area contributed by atoms with Crippen LogP contribution >= 0.6 is 0 Å². The molecule has 1 aliphatic heterocycles. The summed E-state index contributed by atoms with van der Waals surface area (Å²) < 4.78 is 5.51. The molecule has 2 fully saturated rings. The number of amides is 1. The number of guanidine groups is 1. The highest BCUT2D eigenvalue weighted by atomic mass is 16.6. The van der Waals surface area contributed by atoms with Gasteiger partial charge in [-0.2, -0.15) is 0 Å². The van der Waals surface area contributed by atoms with Crippen molar-refractivity contribution in [1.29, 1.82) is 0 Å². The van der Waals surface area contributed by atoms with E-state index in [1.54, 1.807) is 0 Å². The molecule has 150 valence electrons. The van der Waals surface area contributed by atoms with Gasteiger partial charge in [0.05, 0.1) is 0 Å². The molecule has 6 nitrogen and oxygen atoms in total. The molecule has 1 aliphatic carbocycles. The molecule has 2 rings (SSSR count). The van der Waals surface area contributed by atoms with Crippen LogP contribution in [0, 0.1) is 11.8 Å². The van der Waals surface area contributed by atoms with Gasteiger partial charge in [0.15, 0.2) is 5.96 Å². The average molecular weight is 367 g/mol. The van der Waals surface area contributed by atoms with Crippen molar-refractivity contribution in [2.75, 3.05) is 26.7 Å². The summed E-state index contributed by atoms with van der Waals surface area (Å²) in [7, 11) is 1.83. The van der Waals surface area contributed by atoms with Crippen LogP contribution < -0.4 is 10.6 Å². The first kappa shape index (κ1) is 20.8. The minimum atomic E-state index is -0.439. The van der Waals surface area contributed by atoms with E-state index in [9.17, 15) is 4.79 Å². The Kier molecular flexibility index (Phi) is 7.59. The summed E-state index contributed by atoms with van der Waals surface area (Å²) >= 11 is 0. The van der Waals surface area contributed by atoms with Gasteiger partial charge in [0.2, 0.25) is 0 Å². The lowest BCUT2D eigenvalue weighted by atomic mass is 9.87. The van der Waals surface area contributed by atoms with E-state index in [2.05, 4.69) is 22.5 Å². The number of rotatable bonds is 3. The Morgan fingerprint density at radius 2 is 1.88 bits per heavy atom. The zero-order valence-corrected chi connectivity index (χ0v) is 17.3. The molecule has 0 radical (unpaired) electrons. The van der Waals surface area contributed by atoms with Gasteiger partial charge in [-0.3, -0.25) is 4.99 Å². The van der Waals surface area contributed by atoms with Gasteiger partial charge in [-0.05, 0) is 71.1 Å². The predicted molar refractivity (Wildman–Crippen MR) is 106 cm³/mol. The molecule has 0 aromatic heterocycles. The van der Waals surface area contributed by atoms with Crippen LogP contribution in [0.2, 0.25) is 0 Å². The highest BCUT2D eigenvalue weighted by molar-refractivity contribution is 5.80. The number of aliphatic imine (C=N–C) groups is 1. The third-order valence-electron chi connectivity index (χ3n) is 5.31. The minimum absolute atomic E-state index is 0.193. The molecule has 1 unspecified atom stereocenters. The van der Waals surface area contributed by atoms with Crippen LogP contribution in [0.3, 0.4) is 0 Å². The monoisotopic (exact) mass is 366 g/mol. The fourth-order valence-corrected chi connectivity index (χ4v) is 3.76.